The summed E-state index contributed by atoms with van der Waals surface area (Å²) in [6.45, 7) is 4.05. The summed E-state index contributed by atoms with van der Waals surface area (Å²) in [4.78, 5) is 0. The molecule has 0 aromatic rings. The standard InChI is InChI=1S/C9H20N2O/c1-12-8-7-10-5-2-6-11-9-3-4-9/h9-11H,2-8H2,1H3. The van der Waals surface area contributed by atoms with E-state index in [1.165, 1.54) is 19.3 Å². The van der Waals surface area contributed by atoms with Crippen LogP contribution in [0.3, 0.4) is 0 Å². The molecule has 0 aliphatic heterocycles. The molecule has 0 heterocycles. The van der Waals surface area contributed by atoms with Gasteiger partial charge in [-0.25, -0.2) is 0 Å². The van der Waals surface area contributed by atoms with Gasteiger partial charge in [0.15, 0.2) is 0 Å². The second-order valence-electron chi connectivity index (χ2n) is 3.32. The Morgan fingerprint density at radius 3 is 2.75 bits per heavy atom. The summed E-state index contributed by atoms with van der Waals surface area (Å²) in [5, 5.41) is 6.79. The highest BCUT2D eigenvalue weighted by Gasteiger charge is 2.19. The molecule has 3 heteroatoms. The molecule has 3 nitrogen and oxygen atoms in total. The lowest BCUT2D eigenvalue weighted by Gasteiger charge is -2.04. The number of hydrogen-bond donors (Lipinski definition) is 2. The number of methoxy groups -OCH3 is 1. The summed E-state index contributed by atoms with van der Waals surface area (Å²) in [6.07, 6.45) is 3.99. The van der Waals surface area contributed by atoms with Crippen LogP contribution in [0.15, 0.2) is 0 Å². The minimum absolute atomic E-state index is 0.816. The first-order valence-corrected chi connectivity index (χ1v) is 4.86. The first-order chi connectivity index (χ1) is 5.93. The highest BCUT2D eigenvalue weighted by Crippen LogP contribution is 2.17. The topological polar surface area (TPSA) is 33.3 Å². The molecule has 1 saturated carbocycles. The molecule has 1 aliphatic carbocycles. The minimum Gasteiger partial charge on any atom is -0.383 e. The average molecular weight is 172 g/mol. The van der Waals surface area contributed by atoms with Gasteiger partial charge in [-0.3, -0.25) is 0 Å². The zero-order valence-corrected chi connectivity index (χ0v) is 7.94. The van der Waals surface area contributed by atoms with Crippen LogP contribution >= 0.6 is 0 Å². The van der Waals surface area contributed by atoms with Crippen molar-refractivity contribution in [3.63, 3.8) is 0 Å². The van der Waals surface area contributed by atoms with Gasteiger partial charge in [-0.15, -0.1) is 0 Å². The molecule has 0 unspecified atom stereocenters. The summed E-state index contributed by atoms with van der Waals surface area (Å²) >= 11 is 0. The summed E-state index contributed by atoms with van der Waals surface area (Å²) < 4.78 is 4.92. The third kappa shape index (κ3) is 5.52. The highest BCUT2D eigenvalue weighted by atomic mass is 16.5. The maximum Gasteiger partial charge on any atom is 0.0587 e. The predicted molar refractivity (Wildman–Crippen MR) is 50.4 cm³/mol. The van der Waals surface area contributed by atoms with Gasteiger partial charge in [-0.05, 0) is 32.4 Å². The van der Waals surface area contributed by atoms with Gasteiger partial charge in [0.1, 0.15) is 0 Å². The lowest BCUT2D eigenvalue weighted by atomic mass is 10.4. The van der Waals surface area contributed by atoms with Gasteiger partial charge in [-0.1, -0.05) is 0 Å². The van der Waals surface area contributed by atoms with Gasteiger partial charge in [0, 0.05) is 19.7 Å². The third-order valence-electron chi connectivity index (χ3n) is 2.02. The van der Waals surface area contributed by atoms with Crippen LogP contribution in [0.25, 0.3) is 0 Å². The highest BCUT2D eigenvalue weighted by molar-refractivity contribution is 4.80. The first-order valence-electron chi connectivity index (χ1n) is 4.86. The van der Waals surface area contributed by atoms with E-state index in [-0.39, 0.29) is 0 Å². The van der Waals surface area contributed by atoms with Crippen molar-refractivity contribution in [1.82, 2.24) is 10.6 Å². The second-order valence-corrected chi connectivity index (χ2v) is 3.32. The van der Waals surface area contributed by atoms with E-state index >= 15 is 0 Å². The summed E-state index contributed by atoms with van der Waals surface area (Å²) in [6, 6.07) is 0.851. The molecule has 0 spiro atoms. The third-order valence-corrected chi connectivity index (χ3v) is 2.02. The maximum absolute atomic E-state index is 4.92. The molecule has 1 aliphatic rings. The molecule has 0 radical (unpaired) electrons. The van der Waals surface area contributed by atoms with Gasteiger partial charge >= 0.3 is 0 Å². The second kappa shape index (κ2) is 6.40. The Balaban J connectivity index is 1.65. The number of rotatable bonds is 8. The molecule has 12 heavy (non-hydrogen) atoms. The molecule has 2 N–H and O–H groups in total. The summed E-state index contributed by atoms with van der Waals surface area (Å²) in [7, 11) is 1.73. The Labute approximate surface area is 74.9 Å². The van der Waals surface area contributed by atoms with Gasteiger partial charge in [0.2, 0.25) is 0 Å². The minimum atomic E-state index is 0.816. The van der Waals surface area contributed by atoms with E-state index in [2.05, 4.69) is 10.6 Å². The van der Waals surface area contributed by atoms with E-state index in [9.17, 15) is 0 Å². The van der Waals surface area contributed by atoms with Crippen molar-refractivity contribution in [3.8, 4) is 0 Å². The van der Waals surface area contributed by atoms with Crippen molar-refractivity contribution in [2.24, 2.45) is 0 Å². The van der Waals surface area contributed by atoms with Gasteiger partial charge in [-0.2, -0.15) is 0 Å². The molecular weight excluding hydrogens is 152 g/mol. The Bertz CT molecular complexity index is 105. The molecule has 1 fully saturated rings. The van der Waals surface area contributed by atoms with E-state index in [4.69, 9.17) is 4.74 Å². The first kappa shape index (κ1) is 9.96. The van der Waals surface area contributed by atoms with Crippen molar-refractivity contribution < 1.29 is 4.74 Å². The van der Waals surface area contributed by atoms with E-state index in [0.29, 0.717) is 0 Å². The summed E-state index contributed by atoms with van der Waals surface area (Å²) in [5.41, 5.74) is 0. The van der Waals surface area contributed by atoms with Gasteiger partial charge in [0.05, 0.1) is 6.61 Å². The molecule has 0 amide bonds. The molecule has 1 rings (SSSR count). The van der Waals surface area contributed by atoms with Crippen LogP contribution in [-0.2, 0) is 4.74 Å². The van der Waals surface area contributed by atoms with E-state index in [1.807, 2.05) is 0 Å². The smallest absolute Gasteiger partial charge is 0.0587 e. The van der Waals surface area contributed by atoms with Crippen LogP contribution in [0.4, 0.5) is 0 Å². The van der Waals surface area contributed by atoms with Crippen molar-refractivity contribution in [3.05, 3.63) is 0 Å². The monoisotopic (exact) mass is 172 g/mol. The average Bonchev–Trinajstić information content (AvgIpc) is 2.87. The van der Waals surface area contributed by atoms with Crippen LogP contribution in [0, 0.1) is 0 Å². The largest absolute Gasteiger partial charge is 0.383 e. The normalized spacial score (nSPS) is 16.8. The Morgan fingerprint density at radius 1 is 1.25 bits per heavy atom. The van der Waals surface area contributed by atoms with Crippen LogP contribution in [0.5, 0.6) is 0 Å². The van der Waals surface area contributed by atoms with Gasteiger partial charge < -0.3 is 15.4 Å². The number of hydrogen-bond acceptors (Lipinski definition) is 3. The fourth-order valence-electron chi connectivity index (χ4n) is 1.11. The number of ether oxygens (including phenoxy) is 1. The van der Waals surface area contributed by atoms with Crippen LogP contribution in [0.2, 0.25) is 0 Å². The Hall–Kier alpha value is -0.120. The van der Waals surface area contributed by atoms with Crippen LogP contribution in [-0.4, -0.2) is 39.4 Å². The Kier molecular flexibility index (Phi) is 5.32. The summed E-state index contributed by atoms with van der Waals surface area (Å²) in [5.74, 6) is 0. The Morgan fingerprint density at radius 2 is 2.08 bits per heavy atom. The molecule has 0 saturated heterocycles. The molecule has 0 aromatic carbocycles. The lowest BCUT2D eigenvalue weighted by molar-refractivity contribution is 0.199. The van der Waals surface area contributed by atoms with E-state index < -0.39 is 0 Å². The van der Waals surface area contributed by atoms with E-state index in [1.54, 1.807) is 7.11 Å². The van der Waals surface area contributed by atoms with Crippen molar-refractivity contribution in [2.45, 2.75) is 25.3 Å². The predicted octanol–water partition coefficient (Wildman–Crippen LogP) is 0.364. The number of nitrogens with one attached hydrogen (secondary N) is 2. The van der Waals surface area contributed by atoms with E-state index in [0.717, 1.165) is 32.3 Å². The van der Waals surface area contributed by atoms with Crippen molar-refractivity contribution in [2.75, 3.05) is 33.4 Å². The van der Waals surface area contributed by atoms with Crippen LogP contribution < -0.4 is 10.6 Å². The van der Waals surface area contributed by atoms with Gasteiger partial charge in [0.25, 0.3) is 0 Å². The fraction of sp³-hybridized carbons (Fsp3) is 1.00. The zero-order chi connectivity index (χ0) is 8.65. The molecule has 0 bridgehead atoms. The zero-order valence-electron chi connectivity index (χ0n) is 7.94. The SMILES string of the molecule is COCCNCCCNC1CC1. The van der Waals surface area contributed by atoms with Crippen molar-refractivity contribution in [1.29, 1.82) is 0 Å². The molecule has 0 atom stereocenters. The molecule has 72 valence electrons. The quantitative estimate of drug-likeness (QED) is 0.519. The molecular formula is C9H20N2O. The lowest BCUT2D eigenvalue weighted by Crippen LogP contribution is -2.25. The molecule has 0 aromatic heterocycles. The maximum atomic E-state index is 4.92. The van der Waals surface area contributed by atoms with Crippen LogP contribution in [0.1, 0.15) is 19.3 Å². The van der Waals surface area contributed by atoms with Crippen molar-refractivity contribution >= 4 is 0 Å². The fourth-order valence-corrected chi connectivity index (χ4v) is 1.11.